The van der Waals surface area contributed by atoms with Gasteiger partial charge in [-0.1, -0.05) is 12.1 Å². The largest absolute Gasteiger partial charge is 0.368 e. The van der Waals surface area contributed by atoms with Crippen molar-refractivity contribution in [1.29, 1.82) is 0 Å². The Balaban J connectivity index is 1.61. The van der Waals surface area contributed by atoms with Gasteiger partial charge >= 0.3 is 5.69 Å². The van der Waals surface area contributed by atoms with Crippen molar-refractivity contribution in [2.24, 2.45) is 7.05 Å². The molecular formula is C21H22N6OS. The number of hydrogen-bond donors (Lipinski definition) is 0. The molecule has 2 aromatic heterocycles. The number of aryl methyl sites for hydroxylation is 4. The minimum atomic E-state index is -0.253. The van der Waals surface area contributed by atoms with Crippen molar-refractivity contribution in [2.45, 2.75) is 31.4 Å². The van der Waals surface area contributed by atoms with E-state index in [-0.39, 0.29) is 5.69 Å². The highest BCUT2D eigenvalue weighted by Gasteiger charge is 2.14. The summed E-state index contributed by atoms with van der Waals surface area (Å²) in [4.78, 5) is 13.5. The highest BCUT2D eigenvalue weighted by Crippen LogP contribution is 2.30. The monoisotopic (exact) mass is 406 g/mol. The van der Waals surface area contributed by atoms with E-state index in [2.05, 4.69) is 53.6 Å². The summed E-state index contributed by atoms with van der Waals surface area (Å²) in [6, 6.07) is 12.2. The molecule has 0 aliphatic rings. The number of aromatic nitrogens is 6. The highest BCUT2D eigenvalue weighted by molar-refractivity contribution is 7.98. The molecule has 4 aromatic rings. The topological polar surface area (TPSA) is 70.5 Å². The van der Waals surface area contributed by atoms with Crippen LogP contribution in [0.5, 0.6) is 0 Å². The van der Waals surface area contributed by atoms with E-state index in [1.807, 2.05) is 36.1 Å². The molecule has 0 fully saturated rings. The molecule has 4 rings (SSSR count). The Morgan fingerprint density at radius 2 is 1.86 bits per heavy atom. The van der Waals surface area contributed by atoms with Crippen LogP contribution < -0.4 is 5.69 Å². The SMILES string of the molecule is Cc1cnn(-c2ccc(SCc3c(C)cccc3-n3nnn(C)c3=O)c(C)c2)c1. The average Bonchev–Trinajstić information content (AvgIpc) is 3.27. The van der Waals surface area contributed by atoms with Gasteiger partial charge in [0.15, 0.2) is 0 Å². The molecule has 0 spiro atoms. The molecule has 0 aliphatic carbocycles. The molecule has 0 N–H and O–H groups in total. The number of thioether (sulfide) groups is 1. The maximum Gasteiger partial charge on any atom is 0.368 e. The van der Waals surface area contributed by atoms with Crippen LogP contribution in [-0.4, -0.2) is 29.6 Å². The van der Waals surface area contributed by atoms with Crippen molar-refractivity contribution in [2.75, 3.05) is 0 Å². The lowest BCUT2D eigenvalue weighted by atomic mass is 10.1. The lowest BCUT2D eigenvalue weighted by Crippen LogP contribution is -2.23. The van der Waals surface area contributed by atoms with Crippen LogP contribution in [0.3, 0.4) is 0 Å². The molecule has 0 saturated heterocycles. The first-order valence-corrected chi connectivity index (χ1v) is 10.3. The third-order valence-electron chi connectivity index (χ3n) is 4.84. The van der Waals surface area contributed by atoms with Gasteiger partial charge in [0.2, 0.25) is 0 Å². The van der Waals surface area contributed by atoms with Gasteiger partial charge < -0.3 is 0 Å². The Hall–Kier alpha value is -3.13. The number of tetrazole rings is 1. The predicted molar refractivity (Wildman–Crippen MR) is 114 cm³/mol. The fourth-order valence-electron chi connectivity index (χ4n) is 3.18. The lowest BCUT2D eigenvalue weighted by molar-refractivity contribution is 0.692. The van der Waals surface area contributed by atoms with E-state index >= 15 is 0 Å². The molecule has 0 saturated carbocycles. The first-order valence-electron chi connectivity index (χ1n) is 9.27. The summed E-state index contributed by atoms with van der Waals surface area (Å²) in [7, 11) is 1.60. The van der Waals surface area contributed by atoms with Crippen LogP contribution in [0.15, 0.2) is 58.5 Å². The minimum Gasteiger partial charge on any atom is -0.244 e. The van der Waals surface area contributed by atoms with Crippen LogP contribution in [0, 0.1) is 20.8 Å². The molecular weight excluding hydrogens is 384 g/mol. The number of hydrogen-bond acceptors (Lipinski definition) is 5. The van der Waals surface area contributed by atoms with E-state index in [9.17, 15) is 4.79 Å². The van der Waals surface area contributed by atoms with Crippen LogP contribution >= 0.6 is 11.8 Å². The summed E-state index contributed by atoms with van der Waals surface area (Å²) in [5.41, 5.74) is 6.08. The Bertz CT molecular complexity index is 1240. The number of nitrogens with zero attached hydrogens (tertiary/aromatic N) is 6. The molecule has 0 radical (unpaired) electrons. The maximum atomic E-state index is 12.3. The van der Waals surface area contributed by atoms with Crippen LogP contribution in [0.2, 0.25) is 0 Å². The van der Waals surface area contributed by atoms with Gasteiger partial charge in [0.05, 0.1) is 17.6 Å². The first-order chi connectivity index (χ1) is 13.9. The maximum absolute atomic E-state index is 12.3. The Morgan fingerprint density at radius 1 is 1.03 bits per heavy atom. The number of benzene rings is 2. The Kier molecular flexibility index (Phi) is 5.10. The van der Waals surface area contributed by atoms with E-state index in [0.29, 0.717) is 0 Å². The van der Waals surface area contributed by atoms with E-state index in [1.54, 1.807) is 18.8 Å². The fraction of sp³-hybridized carbons (Fsp3) is 0.238. The highest BCUT2D eigenvalue weighted by atomic mass is 32.2. The molecule has 7 nitrogen and oxygen atoms in total. The van der Waals surface area contributed by atoms with Crippen molar-refractivity contribution in [3.05, 3.63) is 81.5 Å². The zero-order valence-corrected chi connectivity index (χ0v) is 17.6. The zero-order chi connectivity index (χ0) is 20.5. The normalized spacial score (nSPS) is 11.2. The number of rotatable bonds is 5. The fourth-order valence-corrected chi connectivity index (χ4v) is 4.31. The van der Waals surface area contributed by atoms with Crippen LogP contribution in [0.1, 0.15) is 22.3 Å². The van der Waals surface area contributed by atoms with Gasteiger partial charge in [-0.3, -0.25) is 0 Å². The third kappa shape index (κ3) is 3.75. The standard InChI is InChI=1S/C21H22N6OS/c1-14-11-22-26(12-14)17-8-9-20(16(3)10-17)29-13-18-15(2)6-5-7-19(18)27-21(28)25(4)23-24-27/h5-12H,13H2,1-4H3. The molecule has 2 aromatic carbocycles. The van der Waals surface area contributed by atoms with Crippen molar-refractivity contribution >= 4 is 11.8 Å². The summed E-state index contributed by atoms with van der Waals surface area (Å²) >= 11 is 1.74. The third-order valence-corrected chi connectivity index (χ3v) is 6.04. The van der Waals surface area contributed by atoms with Crippen molar-refractivity contribution in [1.82, 2.24) is 29.6 Å². The average molecular weight is 407 g/mol. The van der Waals surface area contributed by atoms with Gasteiger partial charge in [0, 0.05) is 23.9 Å². The Labute approximate surface area is 173 Å². The van der Waals surface area contributed by atoms with Crippen LogP contribution in [-0.2, 0) is 12.8 Å². The van der Waals surface area contributed by atoms with E-state index < -0.39 is 0 Å². The molecule has 2 heterocycles. The first kappa shape index (κ1) is 19.2. The van der Waals surface area contributed by atoms with Gasteiger partial charge in [-0.15, -0.1) is 11.8 Å². The lowest BCUT2D eigenvalue weighted by Gasteiger charge is -2.13. The van der Waals surface area contributed by atoms with E-state index in [4.69, 9.17) is 0 Å². The molecule has 0 atom stereocenters. The summed E-state index contributed by atoms with van der Waals surface area (Å²) in [6.07, 6.45) is 3.87. The van der Waals surface area contributed by atoms with Crippen LogP contribution in [0.4, 0.5) is 0 Å². The Morgan fingerprint density at radius 3 is 2.52 bits per heavy atom. The van der Waals surface area contributed by atoms with Crippen molar-refractivity contribution in [3.63, 3.8) is 0 Å². The smallest absolute Gasteiger partial charge is 0.244 e. The summed E-state index contributed by atoms with van der Waals surface area (Å²) < 4.78 is 4.48. The molecule has 0 amide bonds. The summed E-state index contributed by atoms with van der Waals surface area (Å²) in [5, 5.41) is 12.2. The van der Waals surface area contributed by atoms with Crippen molar-refractivity contribution < 1.29 is 0 Å². The molecule has 29 heavy (non-hydrogen) atoms. The van der Waals surface area contributed by atoms with E-state index in [1.165, 1.54) is 19.8 Å². The predicted octanol–water partition coefficient (Wildman–Crippen LogP) is 3.37. The summed E-state index contributed by atoms with van der Waals surface area (Å²) in [6.45, 7) is 6.19. The van der Waals surface area contributed by atoms with Gasteiger partial charge in [-0.05, 0) is 77.7 Å². The van der Waals surface area contributed by atoms with Gasteiger partial charge in [-0.25, -0.2) is 9.48 Å². The quantitative estimate of drug-likeness (QED) is 0.475. The molecule has 0 unspecified atom stereocenters. The molecule has 0 bridgehead atoms. The van der Waals surface area contributed by atoms with Crippen molar-refractivity contribution in [3.8, 4) is 11.4 Å². The van der Waals surface area contributed by atoms with Gasteiger partial charge in [0.25, 0.3) is 0 Å². The summed E-state index contributed by atoms with van der Waals surface area (Å²) in [5.74, 6) is 0.728. The van der Waals surface area contributed by atoms with Gasteiger partial charge in [0.1, 0.15) is 0 Å². The molecule has 8 heteroatoms. The second-order valence-electron chi connectivity index (χ2n) is 7.07. The van der Waals surface area contributed by atoms with Gasteiger partial charge in [-0.2, -0.15) is 14.5 Å². The van der Waals surface area contributed by atoms with Crippen LogP contribution in [0.25, 0.3) is 11.4 Å². The molecule has 148 valence electrons. The molecule has 0 aliphatic heterocycles. The zero-order valence-electron chi connectivity index (χ0n) is 16.8. The van der Waals surface area contributed by atoms with E-state index in [0.717, 1.165) is 33.8 Å². The minimum absolute atomic E-state index is 0.253. The second-order valence-corrected chi connectivity index (χ2v) is 8.09. The second kappa shape index (κ2) is 7.71.